The monoisotopic (exact) mass is 252 g/mol. The second-order valence-corrected chi connectivity index (χ2v) is 4.80. The third kappa shape index (κ3) is 3.19. The number of carboxylic acids is 1. The first-order valence-corrected chi connectivity index (χ1v) is 5.46. The maximum atomic E-state index is 10.9. The number of anilines is 1. The lowest BCUT2D eigenvalue weighted by Crippen LogP contribution is -2.31. The Labute approximate surface area is 105 Å². The summed E-state index contributed by atoms with van der Waals surface area (Å²) < 4.78 is 0. The van der Waals surface area contributed by atoms with Crippen molar-refractivity contribution in [3.63, 3.8) is 0 Å². The van der Waals surface area contributed by atoms with Gasteiger partial charge in [0.1, 0.15) is 0 Å². The van der Waals surface area contributed by atoms with Crippen LogP contribution in [0.3, 0.4) is 0 Å². The van der Waals surface area contributed by atoms with Crippen LogP contribution in [0.15, 0.2) is 18.2 Å². The molecule has 0 aliphatic rings. The van der Waals surface area contributed by atoms with Crippen LogP contribution in [-0.2, 0) is 4.79 Å². The lowest BCUT2D eigenvalue weighted by molar-refractivity contribution is -0.385. The second-order valence-electron chi connectivity index (χ2n) is 4.80. The molecular formula is C12H16N2O4. The fraction of sp³-hybridized carbons (Fsp3) is 0.417. The fourth-order valence-electron chi connectivity index (χ4n) is 1.37. The average molecular weight is 252 g/mol. The Bertz CT molecular complexity index is 483. The van der Waals surface area contributed by atoms with Crippen molar-refractivity contribution in [3.05, 3.63) is 33.9 Å². The van der Waals surface area contributed by atoms with Gasteiger partial charge in [0.15, 0.2) is 0 Å². The quantitative estimate of drug-likeness (QED) is 0.620. The summed E-state index contributed by atoms with van der Waals surface area (Å²) in [5, 5.41) is 22.6. The van der Waals surface area contributed by atoms with Crippen LogP contribution in [0, 0.1) is 22.5 Å². The Kier molecular flexibility index (Phi) is 3.90. The fourth-order valence-corrected chi connectivity index (χ4v) is 1.37. The zero-order valence-corrected chi connectivity index (χ0v) is 10.6. The molecule has 0 fully saturated rings. The van der Waals surface area contributed by atoms with E-state index in [1.807, 2.05) is 0 Å². The topological polar surface area (TPSA) is 92.5 Å². The molecule has 1 aromatic rings. The zero-order valence-electron chi connectivity index (χ0n) is 10.6. The summed E-state index contributed by atoms with van der Waals surface area (Å²) in [6, 6.07) is 4.62. The predicted octanol–water partition coefficient (Wildman–Crippen LogP) is 2.43. The van der Waals surface area contributed by atoms with Gasteiger partial charge in [-0.1, -0.05) is 0 Å². The van der Waals surface area contributed by atoms with Gasteiger partial charge in [0.25, 0.3) is 5.69 Å². The highest BCUT2D eigenvalue weighted by atomic mass is 16.6. The van der Waals surface area contributed by atoms with Crippen molar-refractivity contribution in [3.8, 4) is 0 Å². The van der Waals surface area contributed by atoms with Gasteiger partial charge >= 0.3 is 5.97 Å². The minimum Gasteiger partial charge on any atom is -0.481 e. The minimum atomic E-state index is -0.895. The van der Waals surface area contributed by atoms with E-state index in [4.69, 9.17) is 5.11 Å². The summed E-state index contributed by atoms with van der Waals surface area (Å²) >= 11 is 0. The van der Waals surface area contributed by atoms with E-state index in [9.17, 15) is 14.9 Å². The van der Waals surface area contributed by atoms with Gasteiger partial charge in [0.2, 0.25) is 0 Å². The summed E-state index contributed by atoms with van der Waals surface area (Å²) in [4.78, 5) is 21.1. The molecule has 0 aliphatic heterocycles. The number of rotatable bonds is 5. The van der Waals surface area contributed by atoms with Gasteiger partial charge in [-0.15, -0.1) is 0 Å². The van der Waals surface area contributed by atoms with Crippen LogP contribution in [0.2, 0.25) is 0 Å². The SMILES string of the molecule is Cc1cc(NCC(C)(C)C(=O)O)ccc1[N+](=O)[O-]. The zero-order chi connectivity index (χ0) is 13.9. The molecular weight excluding hydrogens is 236 g/mol. The van der Waals surface area contributed by atoms with E-state index in [2.05, 4.69) is 5.32 Å². The molecule has 6 nitrogen and oxygen atoms in total. The minimum absolute atomic E-state index is 0.0537. The maximum absolute atomic E-state index is 10.9. The Balaban J connectivity index is 2.79. The first-order chi connectivity index (χ1) is 8.24. The second kappa shape index (κ2) is 5.03. The number of aliphatic carboxylic acids is 1. The van der Waals surface area contributed by atoms with Crippen LogP contribution < -0.4 is 5.32 Å². The van der Waals surface area contributed by atoms with Crippen LogP contribution >= 0.6 is 0 Å². The molecule has 0 saturated carbocycles. The highest BCUT2D eigenvalue weighted by Crippen LogP contribution is 2.23. The van der Waals surface area contributed by atoms with Gasteiger partial charge in [0, 0.05) is 23.9 Å². The van der Waals surface area contributed by atoms with Crippen molar-refractivity contribution in [1.82, 2.24) is 0 Å². The maximum Gasteiger partial charge on any atom is 0.310 e. The van der Waals surface area contributed by atoms with Crippen LogP contribution in [0.5, 0.6) is 0 Å². The number of carbonyl (C=O) groups is 1. The Morgan fingerprint density at radius 3 is 2.56 bits per heavy atom. The average Bonchev–Trinajstić information content (AvgIpc) is 2.25. The summed E-state index contributed by atoms with van der Waals surface area (Å²) in [5.41, 5.74) is 0.374. The smallest absolute Gasteiger partial charge is 0.310 e. The molecule has 0 saturated heterocycles. The molecule has 98 valence electrons. The molecule has 0 heterocycles. The molecule has 0 bridgehead atoms. The molecule has 0 amide bonds. The Morgan fingerprint density at radius 1 is 1.50 bits per heavy atom. The highest BCUT2D eigenvalue weighted by molar-refractivity contribution is 5.74. The van der Waals surface area contributed by atoms with E-state index in [1.165, 1.54) is 6.07 Å². The summed E-state index contributed by atoms with van der Waals surface area (Å²) in [6.45, 7) is 5.12. The molecule has 6 heteroatoms. The lowest BCUT2D eigenvalue weighted by atomic mass is 9.94. The van der Waals surface area contributed by atoms with Gasteiger partial charge < -0.3 is 10.4 Å². The number of aryl methyl sites for hydroxylation is 1. The first kappa shape index (κ1) is 14.0. The summed E-state index contributed by atoms with van der Waals surface area (Å²) in [5.74, 6) is -0.895. The highest BCUT2D eigenvalue weighted by Gasteiger charge is 2.26. The molecule has 1 rings (SSSR count). The third-order valence-corrected chi connectivity index (χ3v) is 2.71. The Morgan fingerprint density at radius 2 is 2.11 bits per heavy atom. The van der Waals surface area contributed by atoms with Gasteiger partial charge in [-0.3, -0.25) is 14.9 Å². The molecule has 1 aromatic carbocycles. The summed E-state index contributed by atoms with van der Waals surface area (Å²) in [6.07, 6.45) is 0. The molecule has 0 spiro atoms. The predicted molar refractivity (Wildman–Crippen MR) is 67.7 cm³/mol. The normalized spacial score (nSPS) is 11.1. The van der Waals surface area contributed by atoms with Crippen LogP contribution in [-0.4, -0.2) is 22.5 Å². The number of nitrogens with zero attached hydrogens (tertiary/aromatic N) is 1. The first-order valence-electron chi connectivity index (χ1n) is 5.46. The molecule has 0 radical (unpaired) electrons. The van der Waals surface area contributed by atoms with E-state index in [0.29, 0.717) is 11.3 Å². The van der Waals surface area contributed by atoms with Crippen molar-refractivity contribution >= 4 is 17.3 Å². The number of hydrogen-bond donors (Lipinski definition) is 2. The van der Waals surface area contributed by atoms with E-state index in [1.54, 1.807) is 32.9 Å². The molecule has 0 aromatic heterocycles. The van der Waals surface area contributed by atoms with E-state index >= 15 is 0 Å². The van der Waals surface area contributed by atoms with Gasteiger partial charge in [-0.05, 0) is 32.9 Å². The molecule has 0 atom stereocenters. The van der Waals surface area contributed by atoms with Crippen LogP contribution in [0.4, 0.5) is 11.4 Å². The number of carboxylic acid groups (broad SMARTS) is 1. The van der Waals surface area contributed by atoms with Crippen LogP contribution in [0.1, 0.15) is 19.4 Å². The summed E-state index contributed by atoms with van der Waals surface area (Å²) in [7, 11) is 0. The largest absolute Gasteiger partial charge is 0.481 e. The number of hydrogen-bond acceptors (Lipinski definition) is 4. The van der Waals surface area contributed by atoms with Crippen molar-refractivity contribution < 1.29 is 14.8 Å². The molecule has 0 aliphatic carbocycles. The number of nitro groups is 1. The standard InChI is InChI=1S/C12H16N2O4/c1-8-6-9(4-5-10(8)14(17)18)13-7-12(2,3)11(15)16/h4-6,13H,7H2,1-3H3,(H,15,16). The molecule has 2 N–H and O–H groups in total. The number of benzene rings is 1. The van der Waals surface area contributed by atoms with Crippen molar-refractivity contribution in [2.45, 2.75) is 20.8 Å². The van der Waals surface area contributed by atoms with Crippen molar-refractivity contribution in [1.29, 1.82) is 0 Å². The van der Waals surface area contributed by atoms with E-state index in [-0.39, 0.29) is 12.2 Å². The molecule has 0 unspecified atom stereocenters. The van der Waals surface area contributed by atoms with Crippen LogP contribution in [0.25, 0.3) is 0 Å². The van der Waals surface area contributed by atoms with Gasteiger partial charge in [-0.2, -0.15) is 0 Å². The Hall–Kier alpha value is -2.11. The number of nitrogens with one attached hydrogen (secondary N) is 1. The number of nitro benzene ring substituents is 1. The van der Waals surface area contributed by atoms with E-state index in [0.717, 1.165) is 0 Å². The van der Waals surface area contributed by atoms with E-state index < -0.39 is 16.3 Å². The van der Waals surface area contributed by atoms with Gasteiger partial charge in [0.05, 0.1) is 10.3 Å². The van der Waals surface area contributed by atoms with Crippen molar-refractivity contribution in [2.75, 3.05) is 11.9 Å². The van der Waals surface area contributed by atoms with Crippen molar-refractivity contribution in [2.24, 2.45) is 5.41 Å². The molecule has 18 heavy (non-hydrogen) atoms. The lowest BCUT2D eigenvalue weighted by Gasteiger charge is -2.20. The third-order valence-electron chi connectivity index (χ3n) is 2.71. The van der Waals surface area contributed by atoms with Gasteiger partial charge in [-0.25, -0.2) is 0 Å².